The molecule has 0 atom stereocenters. The number of rotatable bonds is 1. The van der Waals surface area contributed by atoms with Gasteiger partial charge in [0.1, 0.15) is 0 Å². The highest BCUT2D eigenvalue weighted by atomic mass is 35.7. The van der Waals surface area contributed by atoms with Gasteiger partial charge in [-0.3, -0.25) is 9.05 Å². The molecule has 0 unspecified atom stereocenters. The fourth-order valence-electron chi connectivity index (χ4n) is 0.926. The third-order valence-electron chi connectivity index (χ3n) is 1.47. The van der Waals surface area contributed by atoms with Crippen molar-refractivity contribution in [3.8, 4) is 0 Å². The molecule has 0 amide bonds. The summed E-state index contributed by atoms with van der Waals surface area (Å²) >= 11 is 5.03. The van der Waals surface area contributed by atoms with E-state index in [1.54, 1.807) is 0 Å². The standard InChI is InChI=1S/C5H6ClF4O3P/c6-14(11)12-2-4(7,3-13-14)1-5(8,9)10/h1-3H2. The summed E-state index contributed by atoms with van der Waals surface area (Å²) in [5.74, 6) is 0. The summed E-state index contributed by atoms with van der Waals surface area (Å²) in [6.45, 7) is -5.82. The molecule has 1 fully saturated rings. The molecule has 1 heterocycles. The van der Waals surface area contributed by atoms with Gasteiger partial charge in [0, 0.05) is 11.2 Å². The van der Waals surface area contributed by atoms with Crippen LogP contribution in [0.5, 0.6) is 0 Å². The first kappa shape index (κ1) is 12.2. The summed E-state index contributed by atoms with van der Waals surface area (Å²) in [7, 11) is 0. The first-order valence-corrected chi connectivity index (χ1v) is 5.91. The first-order chi connectivity index (χ1) is 6.12. The highest BCUT2D eigenvalue weighted by molar-refractivity contribution is 7.81. The highest BCUT2D eigenvalue weighted by Crippen LogP contribution is 2.58. The van der Waals surface area contributed by atoms with Gasteiger partial charge in [-0.2, -0.15) is 13.2 Å². The molecular weight excluding hydrogens is 250 g/mol. The van der Waals surface area contributed by atoms with E-state index >= 15 is 0 Å². The third-order valence-corrected chi connectivity index (χ3v) is 2.93. The minimum atomic E-state index is -4.67. The summed E-state index contributed by atoms with van der Waals surface area (Å²) in [4.78, 5) is 0. The molecule has 0 N–H and O–H groups in total. The van der Waals surface area contributed by atoms with Gasteiger partial charge in [-0.15, -0.1) is 0 Å². The van der Waals surface area contributed by atoms with Crippen molar-refractivity contribution in [3.63, 3.8) is 0 Å². The Morgan fingerprint density at radius 3 is 2.14 bits per heavy atom. The molecule has 9 heteroatoms. The fourth-order valence-corrected chi connectivity index (χ4v) is 2.06. The summed E-state index contributed by atoms with van der Waals surface area (Å²) in [5, 5.41) is 0. The van der Waals surface area contributed by atoms with Gasteiger partial charge in [0.2, 0.25) is 0 Å². The van der Waals surface area contributed by atoms with E-state index in [1.807, 2.05) is 0 Å². The van der Waals surface area contributed by atoms with Crippen LogP contribution in [0.1, 0.15) is 6.42 Å². The van der Waals surface area contributed by atoms with Crippen LogP contribution in [0.15, 0.2) is 0 Å². The van der Waals surface area contributed by atoms with Crippen LogP contribution in [-0.2, 0) is 13.6 Å². The minimum absolute atomic E-state index is 0.979. The van der Waals surface area contributed by atoms with E-state index in [2.05, 4.69) is 9.05 Å². The van der Waals surface area contributed by atoms with Crippen LogP contribution in [0.25, 0.3) is 0 Å². The van der Waals surface area contributed by atoms with Gasteiger partial charge < -0.3 is 0 Å². The van der Waals surface area contributed by atoms with Crippen molar-refractivity contribution in [2.75, 3.05) is 13.2 Å². The molecule has 1 saturated heterocycles. The van der Waals surface area contributed by atoms with Crippen LogP contribution in [-0.4, -0.2) is 25.1 Å². The normalized spacial score (nSPS) is 39.8. The third kappa shape index (κ3) is 3.73. The predicted molar refractivity (Wildman–Crippen MR) is 39.9 cm³/mol. The van der Waals surface area contributed by atoms with E-state index in [1.165, 1.54) is 0 Å². The Balaban J connectivity index is 2.58. The van der Waals surface area contributed by atoms with Crippen LogP contribution in [0.3, 0.4) is 0 Å². The summed E-state index contributed by atoms with van der Waals surface area (Å²) in [5.41, 5.74) is -2.71. The smallest absolute Gasteiger partial charge is 0.293 e. The molecule has 14 heavy (non-hydrogen) atoms. The van der Waals surface area contributed by atoms with Crippen molar-refractivity contribution in [1.82, 2.24) is 0 Å². The largest absolute Gasteiger partial charge is 0.424 e. The monoisotopic (exact) mass is 256 g/mol. The molecule has 1 rings (SSSR count). The number of hydrogen-bond donors (Lipinski definition) is 0. The lowest BCUT2D eigenvalue weighted by molar-refractivity contribution is -0.176. The van der Waals surface area contributed by atoms with E-state index < -0.39 is 38.4 Å². The lowest BCUT2D eigenvalue weighted by Gasteiger charge is -2.31. The van der Waals surface area contributed by atoms with Crippen molar-refractivity contribution in [2.24, 2.45) is 0 Å². The van der Waals surface area contributed by atoms with E-state index in [9.17, 15) is 22.1 Å². The Bertz CT molecular complexity index is 256. The van der Waals surface area contributed by atoms with Crippen molar-refractivity contribution in [3.05, 3.63) is 0 Å². The highest BCUT2D eigenvalue weighted by Gasteiger charge is 2.48. The van der Waals surface area contributed by atoms with Crippen LogP contribution in [0.2, 0.25) is 0 Å². The van der Waals surface area contributed by atoms with Crippen molar-refractivity contribution >= 4 is 18.2 Å². The second kappa shape index (κ2) is 3.63. The molecule has 0 aliphatic carbocycles. The lowest BCUT2D eigenvalue weighted by atomic mass is 10.0. The van der Waals surface area contributed by atoms with E-state index in [4.69, 9.17) is 11.2 Å². The quantitative estimate of drug-likeness (QED) is 0.534. The number of alkyl halides is 4. The molecule has 3 nitrogen and oxygen atoms in total. The fraction of sp³-hybridized carbons (Fsp3) is 1.00. The van der Waals surface area contributed by atoms with Crippen molar-refractivity contribution in [1.29, 1.82) is 0 Å². The maximum Gasteiger partial charge on any atom is 0.424 e. The molecule has 1 aliphatic heterocycles. The van der Waals surface area contributed by atoms with Gasteiger partial charge >= 0.3 is 13.1 Å². The Morgan fingerprint density at radius 2 is 1.79 bits per heavy atom. The lowest BCUT2D eigenvalue weighted by Crippen LogP contribution is -2.41. The molecule has 0 aromatic carbocycles. The zero-order chi connectivity index (χ0) is 11.0. The number of halogens is 5. The van der Waals surface area contributed by atoms with Gasteiger partial charge in [0.25, 0.3) is 0 Å². The van der Waals surface area contributed by atoms with E-state index in [0.29, 0.717) is 0 Å². The molecule has 0 spiro atoms. The second-order valence-electron chi connectivity index (χ2n) is 2.92. The first-order valence-electron chi connectivity index (χ1n) is 3.46. The van der Waals surface area contributed by atoms with Gasteiger partial charge in [-0.1, -0.05) is 0 Å². The minimum Gasteiger partial charge on any atom is -0.293 e. The van der Waals surface area contributed by atoms with Gasteiger partial charge in [-0.05, 0) is 0 Å². The summed E-state index contributed by atoms with van der Waals surface area (Å²) in [6.07, 6.45) is -6.38. The second-order valence-corrected chi connectivity index (χ2v) is 5.54. The molecule has 0 saturated carbocycles. The van der Waals surface area contributed by atoms with Crippen LogP contribution in [0, 0.1) is 0 Å². The molecule has 0 radical (unpaired) electrons. The van der Waals surface area contributed by atoms with Gasteiger partial charge in [0.15, 0.2) is 5.67 Å². The molecule has 0 aromatic rings. The zero-order valence-corrected chi connectivity index (χ0v) is 8.33. The van der Waals surface area contributed by atoms with E-state index in [0.717, 1.165) is 0 Å². The predicted octanol–water partition coefficient (Wildman–Crippen LogP) is 3.04. The SMILES string of the molecule is O=P1(Cl)OCC(F)(CC(F)(F)F)CO1. The Hall–Kier alpha value is 0.160. The van der Waals surface area contributed by atoms with Crippen LogP contribution < -0.4 is 0 Å². The summed E-state index contributed by atoms with van der Waals surface area (Å²) in [6, 6.07) is 0. The van der Waals surface area contributed by atoms with Crippen molar-refractivity contribution in [2.45, 2.75) is 18.3 Å². The maximum absolute atomic E-state index is 13.3. The zero-order valence-electron chi connectivity index (χ0n) is 6.68. The van der Waals surface area contributed by atoms with Gasteiger partial charge in [-0.25, -0.2) is 8.96 Å². The summed E-state index contributed by atoms with van der Waals surface area (Å²) < 4.78 is 67.8. The average molecular weight is 257 g/mol. The molecular formula is C5H6ClF4O3P. The Labute approximate surface area is 81.6 Å². The Morgan fingerprint density at radius 1 is 1.36 bits per heavy atom. The number of hydrogen-bond acceptors (Lipinski definition) is 3. The topological polar surface area (TPSA) is 35.5 Å². The van der Waals surface area contributed by atoms with Gasteiger partial charge in [0.05, 0.1) is 19.6 Å². The molecule has 0 aromatic heterocycles. The van der Waals surface area contributed by atoms with Crippen LogP contribution in [0.4, 0.5) is 17.6 Å². The molecule has 1 aliphatic rings. The Kier molecular flexibility index (Phi) is 3.17. The van der Waals surface area contributed by atoms with Crippen LogP contribution >= 0.6 is 18.2 Å². The van der Waals surface area contributed by atoms with E-state index in [-0.39, 0.29) is 0 Å². The van der Waals surface area contributed by atoms with Crippen molar-refractivity contribution < 1.29 is 31.2 Å². The molecule has 0 bridgehead atoms. The average Bonchev–Trinajstić information content (AvgIpc) is 1.93. The maximum atomic E-state index is 13.3. The molecule has 84 valence electrons.